The summed E-state index contributed by atoms with van der Waals surface area (Å²) in [6, 6.07) is 15.9. The number of hydrogen-bond donors (Lipinski definition) is 3. The van der Waals surface area contributed by atoms with Gasteiger partial charge in [-0.1, -0.05) is 42.2 Å². The Morgan fingerprint density at radius 3 is 2.17 bits per heavy atom. The average molecular weight is 566 g/mol. The lowest BCUT2D eigenvalue weighted by atomic mass is 10.1. The number of carbonyl (C=O) groups excluding carboxylic acids is 4. The minimum atomic E-state index is -0.479. The van der Waals surface area contributed by atoms with E-state index in [0.29, 0.717) is 44.0 Å². The second kappa shape index (κ2) is 13.2. The van der Waals surface area contributed by atoms with Crippen molar-refractivity contribution in [1.29, 1.82) is 0 Å². The smallest absolute Gasteiger partial charge is 0.248 e. The molecule has 3 aliphatic heterocycles. The molecule has 216 valence electrons. The van der Waals surface area contributed by atoms with Crippen LogP contribution in [0.25, 0.3) is 0 Å². The SMILES string of the molecule is CC(=O)N1CCC[C@H]1C(=O)Nc1ccc(C#CC2=CC=C(NC(=O)[C@@H]3CCCN3C(=O)Cc3ccccc3)NC2)cc1. The van der Waals surface area contributed by atoms with Crippen LogP contribution in [0.2, 0.25) is 0 Å². The monoisotopic (exact) mass is 565 g/mol. The molecule has 2 aromatic rings. The molecule has 0 bridgehead atoms. The second-order valence-corrected chi connectivity index (χ2v) is 10.7. The number of nitrogens with zero attached hydrogens (tertiary/aromatic N) is 2. The predicted molar refractivity (Wildman–Crippen MR) is 160 cm³/mol. The number of hydrogen-bond acceptors (Lipinski definition) is 5. The maximum Gasteiger partial charge on any atom is 0.248 e. The van der Waals surface area contributed by atoms with Crippen molar-refractivity contribution >= 4 is 29.3 Å². The zero-order chi connectivity index (χ0) is 29.5. The summed E-state index contributed by atoms with van der Waals surface area (Å²) >= 11 is 0. The Balaban J connectivity index is 1.13. The maximum absolute atomic E-state index is 13.0. The molecule has 0 saturated carbocycles. The van der Waals surface area contributed by atoms with Crippen LogP contribution in [-0.2, 0) is 25.6 Å². The van der Waals surface area contributed by atoms with E-state index in [1.54, 1.807) is 28.0 Å². The number of benzene rings is 2. The molecule has 2 saturated heterocycles. The van der Waals surface area contributed by atoms with Crippen LogP contribution < -0.4 is 16.0 Å². The van der Waals surface area contributed by atoms with Crippen LogP contribution in [0.15, 0.2) is 78.1 Å². The second-order valence-electron chi connectivity index (χ2n) is 10.7. The predicted octanol–water partition coefficient (Wildman–Crippen LogP) is 2.71. The standard InChI is InChI=1S/C33H35N5O4/c1-23(39)37-19-5-9-28(37)32(41)35-27-16-13-24(14-17-27)11-12-26-15-18-30(34-22-26)36-33(42)29-10-6-20-38(29)31(40)21-25-7-3-2-4-8-25/h2-4,7-8,13-18,28-29,34H,5-6,9-10,19-22H2,1H3,(H,35,41)(H,36,42)/t28-,29-/m0/s1. The highest BCUT2D eigenvalue weighted by atomic mass is 16.2. The van der Waals surface area contributed by atoms with Gasteiger partial charge in [0.15, 0.2) is 0 Å². The molecular weight excluding hydrogens is 530 g/mol. The summed E-state index contributed by atoms with van der Waals surface area (Å²) in [6.07, 6.45) is 6.88. The molecule has 2 aromatic carbocycles. The minimum Gasteiger partial charge on any atom is -0.367 e. The quantitative estimate of drug-likeness (QED) is 0.467. The Kier molecular flexibility index (Phi) is 9.02. The summed E-state index contributed by atoms with van der Waals surface area (Å²) in [5, 5.41) is 9.01. The van der Waals surface area contributed by atoms with Crippen LogP contribution in [-0.4, -0.2) is 65.1 Å². The maximum atomic E-state index is 13.0. The van der Waals surface area contributed by atoms with Crippen LogP contribution in [0.1, 0.15) is 43.7 Å². The molecule has 0 unspecified atom stereocenters. The van der Waals surface area contributed by atoms with Crippen molar-refractivity contribution in [3.8, 4) is 11.8 Å². The van der Waals surface area contributed by atoms with Crippen molar-refractivity contribution in [3.05, 3.63) is 89.3 Å². The fraction of sp³-hybridized carbons (Fsp3) is 0.333. The fourth-order valence-electron chi connectivity index (χ4n) is 5.52. The van der Waals surface area contributed by atoms with Gasteiger partial charge in [0.2, 0.25) is 23.6 Å². The number of dihydropyridines is 1. The molecule has 0 aliphatic carbocycles. The lowest BCUT2D eigenvalue weighted by Crippen LogP contribution is -2.47. The summed E-state index contributed by atoms with van der Waals surface area (Å²) < 4.78 is 0. The van der Waals surface area contributed by atoms with Crippen molar-refractivity contribution in [2.75, 3.05) is 25.0 Å². The van der Waals surface area contributed by atoms with E-state index in [9.17, 15) is 19.2 Å². The van der Waals surface area contributed by atoms with Gasteiger partial charge in [-0.3, -0.25) is 19.2 Å². The van der Waals surface area contributed by atoms with Crippen molar-refractivity contribution < 1.29 is 19.2 Å². The summed E-state index contributed by atoms with van der Waals surface area (Å²) in [5.74, 6) is 6.37. The fourth-order valence-corrected chi connectivity index (χ4v) is 5.52. The van der Waals surface area contributed by atoms with Gasteiger partial charge in [-0.05, 0) is 67.7 Å². The van der Waals surface area contributed by atoms with E-state index in [1.165, 1.54) is 6.92 Å². The van der Waals surface area contributed by atoms with E-state index in [1.807, 2.05) is 48.5 Å². The van der Waals surface area contributed by atoms with Gasteiger partial charge in [0.05, 0.1) is 6.42 Å². The van der Waals surface area contributed by atoms with Gasteiger partial charge in [0.25, 0.3) is 0 Å². The number of carbonyl (C=O) groups is 4. The third-order valence-corrected chi connectivity index (χ3v) is 7.73. The van der Waals surface area contributed by atoms with E-state index in [0.717, 1.165) is 29.5 Å². The summed E-state index contributed by atoms with van der Waals surface area (Å²) in [4.78, 5) is 53.6. The zero-order valence-corrected chi connectivity index (χ0v) is 23.7. The van der Waals surface area contributed by atoms with Gasteiger partial charge in [0, 0.05) is 43.4 Å². The number of likely N-dealkylation sites (tertiary alicyclic amines) is 2. The molecule has 3 aliphatic rings. The Bertz CT molecular complexity index is 1470. The Morgan fingerprint density at radius 1 is 0.833 bits per heavy atom. The first-order valence-corrected chi connectivity index (χ1v) is 14.4. The van der Waals surface area contributed by atoms with Crippen molar-refractivity contribution in [2.24, 2.45) is 0 Å². The zero-order valence-electron chi connectivity index (χ0n) is 23.7. The lowest BCUT2D eigenvalue weighted by molar-refractivity contribution is -0.137. The van der Waals surface area contributed by atoms with Gasteiger partial charge in [-0.2, -0.15) is 0 Å². The van der Waals surface area contributed by atoms with Crippen LogP contribution in [0.3, 0.4) is 0 Å². The third-order valence-electron chi connectivity index (χ3n) is 7.73. The van der Waals surface area contributed by atoms with Crippen molar-refractivity contribution in [3.63, 3.8) is 0 Å². The Hall–Kier alpha value is -4.84. The lowest BCUT2D eigenvalue weighted by Gasteiger charge is -2.25. The Labute approximate surface area is 246 Å². The normalized spacial score (nSPS) is 19.5. The van der Waals surface area contributed by atoms with Crippen molar-refractivity contribution in [1.82, 2.24) is 20.4 Å². The molecule has 0 radical (unpaired) electrons. The number of amides is 4. The van der Waals surface area contributed by atoms with Gasteiger partial charge in [0.1, 0.15) is 17.9 Å². The van der Waals surface area contributed by atoms with Gasteiger partial charge in [-0.25, -0.2) is 0 Å². The van der Waals surface area contributed by atoms with E-state index < -0.39 is 12.1 Å². The van der Waals surface area contributed by atoms with Crippen LogP contribution in [0.5, 0.6) is 0 Å². The molecule has 5 rings (SSSR count). The van der Waals surface area contributed by atoms with E-state index >= 15 is 0 Å². The summed E-state index contributed by atoms with van der Waals surface area (Å²) in [7, 11) is 0. The van der Waals surface area contributed by atoms with Crippen LogP contribution >= 0.6 is 0 Å². The van der Waals surface area contributed by atoms with E-state index in [2.05, 4.69) is 27.8 Å². The minimum absolute atomic E-state index is 0.0363. The molecule has 9 heteroatoms. The first-order valence-electron chi connectivity index (χ1n) is 14.4. The molecule has 9 nitrogen and oxygen atoms in total. The Morgan fingerprint density at radius 2 is 1.50 bits per heavy atom. The molecule has 2 atom stereocenters. The topological polar surface area (TPSA) is 111 Å². The van der Waals surface area contributed by atoms with Gasteiger partial charge >= 0.3 is 0 Å². The number of nitrogens with one attached hydrogen (secondary N) is 3. The van der Waals surface area contributed by atoms with Gasteiger partial charge < -0.3 is 25.8 Å². The third kappa shape index (κ3) is 7.07. The molecule has 3 heterocycles. The van der Waals surface area contributed by atoms with E-state index in [-0.39, 0.29) is 30.0 Å². The van der Waals surface area contributed by atoms with E-state index in [4.69, 9.17) is 0 Å². The molecule has 2 fully saturated rings. The summed E-state index contributed by atoms with van der Waals surface area (Å²) in [5.41, 5.74) is 3.25. The molecule has 3 N–H and O–H groups in total. The highest BCUT2D eigenvalue weighted by Crippen LogP contribution is 2.21. The molecule has 0 aromatic heterocycles. The number of rotatable bonds is 6. The number of anilines is 1. The molecule has 0 spiro atoms. The largest absolute Gasteiger partial charge is 0.367 e. The first-order chi connectivity index (χ1) is 20.4. The first kappa shape index (κ1) is 28.7. The van der Waals surface area contributed by atoms with Crippen LogP contribution in [0, 0.1) is 11.8 Å². The average Bonchev–Trinajstić information content (AvgIpc) is 3.69. The van der Waals surface area contributed by atoms with Gasteiger partial charge in [-0.15, -0.1) is 0 Å². The summed E-state index contributed by atoms with van der Waals surface area (Å²) in [6.45, 7) is 3.15. The molecule has 42 heavy (non-hydrogen) atoms. The van der Waals surface area contributed by atoms with Crippen molar-refractivity contribution in [2.45, 2.75) is 51.1 Å². The molecule has 4 amide bonds. The highest BCUT2D eigenvalue weighted by molar-refractivity contribution is 5.97. The van der Waals surface area contributed by atoms with Crippen LogP contribution in [0.4, 0.5) is 5.69 Å². The highest BCUT2D eigenvalue weighted by Gasteiger charge is 2.34. The number of allylic oxidation sites excluding steroid dienone is 2. The molecular formula is C33H35N5O4.